The molecule has 2 heterocycles. The Hall–Kier alpha value is -1.96. The summed E-state index contributed by atoms with van der Waals surface area (Å²) < 4.78 is 36.6. The first-order chi connectivity index (χ1) is 10.9. The van der Waals surface area contributed by atoms with Gasteiger partial charge in [0.05, 0.1) is 23.1 Å². The second-order valence-corrected chi connectivity index (χ2v) is 8.19. The molecule has 3 rings (SSSR count). The summed E-state index contributed by atoms with van der Waals surface area (Å²) in [4.78, 5) is 25.6. The topological polar surface area (TPSA) is 83.5 Å². The van der Waals surface area contributed by atoms with E-state index >= 15 is 0 Å². The maximum atomic E-state index is 13.8. The van der Waals surface area contributed by atoms with Crippen LogP contribution < -0.4 is 10.2 Å². The van der Waals surface area contributed by atoms with Gasteiger partial charge in [-0.1, -0.05) is 12.1 Å². The molecule has 2 saturated heterocycles. The Labute approximate surface area is 133 Å². The molecule has 8 heteroatoms. The normalized spacial score (nSPS) is 26.5. The predicted octanol–water partition coefficient (Wildman–Crippen LogP) is 0.482. The van der Waals surface area contributed by atoms with Crippen LogP contribution in [0, 0.1) is 11.7 Å². The molecule has 6 nitrogen and oxygen atoms in total. The molecule has 0 aromatic heterocycles. The maximum Gasteiger partial charge on any atom is 0.227 e. The number of carbonyl (C=O) groups excluding carboxylic acids is 2. The van der Waals surface area contributed by atoms with E-state index < -0.39 is 27.6 Å². The number of sulfone groups is 1. The van der Waals surface area contributed by atoms with Gasteiger partial charge in [0.25, 0.3) is 0 Å². The van der Waals surface area contributed by atoms with Crippen LogP contribution in [0.2, 0.25) is 0 Å². The molecule has 2 aliphatic rings. The fourth-order valence-corrected chi connectivity index (χ4v) is 4.69. The number of hydrogen-bond donors (Lipinski definition) is 1. The van der Waals surface area contributed by atoms with Gasteiger partial charge in [0, 0.05) is 19.0 Å². The minimum Gasteiger partial charge on any atom is -0.352 e. The second kappa shape index (κ2) is 5.92. The molecular formula is C15H17FN2O4S. The largest absolute Gasteiger partial charge is 0.352 e. The summed E-state index contributed by atoms with van der Waals surface area (Å²) in [5.74, 6) is -1.75. The predicted molar refractivity (Wildman–Crippen MR) is 82.1 cm³/mol. The summed E-state index contributed by atoms with van der Waals surface area (Å²) in [5, 5.41) is 2.69. The van der Waals surface area contributed by atoms with Gasteiger partial charge < -0.3 is 10.2 Å². The maximum absolute atomic E-state index is 13.8. The summed E-state index contributed by atoms with van der Waals surface area (Å²) in [6.45, 7) is 0.102. The van der Waals surface area contributed by atoms with Crippen molar-refractivity contribution in [3.8, 4) is 0 Å². The Morgan fingerprint density at radius 3 is 2.70 bits per heavy atom. The number of nitrogens with zero attached hydrogens (tertiary/aromatic N) is 1. The zero-order valence-electron chi connectivity index (χ0n) is 12.4. The molecule has 1 aromatic rings. The van der Waals surface area contributed by atoms with Crippen molar-refractivity contribution < 1.29 is 22.4 Å². The molecule has 23 heavy (non-hydrogen) atoms. The van der Waals surface area contributed by atoms with Gasteiger partial charge >= 0.3 is 0 Å². The minimum absolute atomic E-state index is 0.000360. The Balaban J connectivity index is 1.66. The van der Waals surface area contributed by atoms with Crippen molar-refractivity contribution in [1.82, 2.24) is 5.32 Å². The van der Waals surface area contributed by atoms with Crippen LogP contribution >= 0.6 is 0 Å². The number of amides is 2. The summed E-state index contributed by atoms with van der Waals surface area (Å²) in [5.41, 5.74) is 0.163. The SMILES string of the molecule is O=C(NC1CCS(=O)(=O)C1)C1CC(=O)N(c2ccccc2F)C1. The van der Waals surface area contributed by atoms with Crippen LogP contribution in [-0.4, -0.2) is 44.3 Å². The van der Waals surface area contributed by atoms with E-state index in [1.54, 1.807) is 6.07 Å². The van der Waals surface area contributed by atoms with Crippen molar-refractivity contribution in [2.75, 3.05) is 23.0 Å². The molecule has 2 amide bonds. The van der Waals surface area contributed by atoms with Crippen molar-refractivity contribution in [3.63, 3.8) is 0 Å². The van der Waals surface area contributed by atoms with Gasteiger partial charge in [0.15, 0.2) is 9.84 Å². The molecule has 1 N–H and O–H groups in total. The van der Waals surface area contributed by atoms with Gasteiger partial charge in [0.2, 0.25) is 11.8 Å². The minimum atomic E-state index is -3.08. The number of nitrogens with one attached hydrogen (secondary N) is 1. The van der Waals surface area contributed by atoms with Gasteiger partial charge in [0.1, 0.15) is 5.82 Å². The third-order valence-corrected chi connectivity index (χ3v) is 5.99. The molecule has 0 radical (unpaired) electrons. The number of halogens is 1. The van der Waals surface area contributed by atoms with Crippen LogP contribution in [0.15, 0.2) is 24.3 Å². The number of hydrogen-bond acceptors (Lipinski definition) is 4. The Morgan fingerprint density at radius 2 is 2.04 bits per heavy atom. The fourth-order valence-electron chi connectivity index (χ4n) is 3.01. The van der Waals surface area contributed by atoms with E-state index in [0.717, 1.165) is 0 Å². The van der Waals surface area contributed by atoms with Crippen LogP contribution in [0.25, 0.3) is 0 Å². The lowest BCUT2D eigenvalue weighted by Gasteiger charge is -2.18. The third kappa shape index (κ3) is 3.36. The van der Waals surface area contributed by atoms with E-state index in [-0.39, 0.29) is 42.0 Å². The lowest BCUT2D eigenvalue weighted by Crippen LogP contribution is -2.40. The zero-order chi connectivity index (χ0) is 16.6. The summed E-state index contributed by atoms with van der Waals surface area (Å²) in [6, 6.07) is 5.52. The highest BCUT2D eigenvalue weighted by molar-refractivity contribution is 7.91. The molecule has 0 bridgehead atoms. The molecule has 2 aliphatic heterocycles. The standard InChI is InChI=1S/C15H17FN2O4S/c16-12-3-1-2-4-13(12)18-8-10(7-14(18)19)15(20)17-11-5-6-23(21,22)9-11/h1-4,10-11H,5-9H2,(H,17,20). The quantitative estimate of drug-likeness (QED) is 0.868. The fraction of sp³-hybridized carbons (Fsp3) is 0.467. The summed E-state index contributed by atoms with van der Waals surface area (Å²) in [7, 11) is -3.08. The summed E-state index contributed by atoms with van der Waals surface area (Å²) >= 11 is 0. The Morgan fingerprint density at radius 1 is 1.30 bits per heavy atom. The molecule has 124 valence electrons. The van der Waals surface area contributed by atoms with E-state index in [9.17, 15) is 22.4 Å². The molecule has 2 unspecified atom stereocenters. The van der Waals surface area contributed by atoms with Gasteiger partial charge in [-0.05, 0) is 18.6 Å². The van der Waals surface area contributed by atoms with Crippen molar-refractivity contribution in [3.05, 3.63) is 30.1 Å². The molecule has 0 spiro atoms. The average Bonchev–Trinajstić information content (AvgIpc) is 3.02. The van der Waals surface area contributed by atoms with Gasteiger partial charge in [-0.25, -0.2) is 12.8 Å². The van der Waals surface area contributed by atoms with Crippen LogP contribution in [-0.2, 0) is 19.4 Å². The van der Waals surface area contributed by atoms with E-state index in [0.29, 0.717) is 6.42 Å². The number of benzene rings is 1. The number of para-hydroxylation sites is 1. The third-order valence-electron chi connectivity index (χ3n) is 4.22. The molecule has 2 atom stereocenters. The smallest absolute Gasteiger partial charge is 0.227 e. The van der Waals surface area contributed by atoms with Crippen molar-refractivity contribution in [1.29, 1.82) is 0 Å². The first-order valence-electron chi connectivity index (χ1n) is 7.41. The highest BCUT2D eigenvalue weighted by Crippen LogP contribution is 2.27. The van der Waals surface area contributed by atoms with Crippen molar-refractivity contribution in [2.24, 2.45) is 5.92 Å². The first kappa shape index (κ1) is 15.9. The van der Waals surface area contributed by atoms with E-state index in [1.807, 2.05) is 0 Å². The number of carbonyl (C=O) groups is 2. The van der Waals surface area contributed by atoms with Gasteiger partial charge in [-0.15, -0.1) is 0 Å². The second-order valence-electron chi connectivity index (χ2n) is 5.97. The highest BCUT2D eigenvalue weighted by Gasteiger charge is 2.38. The lowest BCUT2D eigenvalue weighted by atomic mass is 10.1. The molecule has 0 aliphatic carbocycles. The molecule has 1 aromatic carbocycles. The number of anilines is 1. The van der Waals surface area contributed by atoms with E-state index in [1.165, 1.54) is 23.1 Å². The molecular weight excluding hydrogens is 323 g/mol. The zero-order valence-corrected chi connectivity index (χ0v) is 13.2. The van der Waals surface area contributed by atoms with Crippen LogP contribution in [0.3, 0.4) is 0 Å². The average molecular weight is 340 g/mol. The Bertz CT molecular complexity index is 750. The van der Waals surface area contributed by atoms with Crippen LogP contribution in [0.1, 0.15) is 12.8 Å². The highest BCUT2D eigenvalue weighted by atomic mass is 32.2. The van der Waals surface area contributed by atoms with E-state index in [4.69, 9.17) is 0 Å². The van der Waals surface area contributed by atoms with Gasteiger partial charge in [-0.2, -0.15) is 0 Å². The van der Waals surface area contributed by atoms with Crippen LogP contribution in [0.4, 0.5) is 10.1 Å². The Kier molecular flexibility index (Phi) is 4.09. The van der Waals surface area contributed by atoms with Crippen LogP contribution in [0.5, 0.6) is 0 Å². The lowest BCUT2D eigenvalue weighted by molar-refractivity contribution is -0.126. The molecule has 0 saturated carbocycles. The monoisotopic (exact) mass is 340 g/mol. The van der Waals surface area contributed by atoms with E-state index in [2.05, 4.69) is 5.32 Å². The van der Waals surface area contributed by atoms with Crippen molar-refractivity contribution >= 4 is 27.3 Å². The molecule has 2 fully saturated rings. The summed E-state index contributed by atoms with van der Waals surface area (Å²) in [6.07, 6.45) is 0.394. The van der Waals surface area contributed by atoms with Crippen molar-refractivity contribution in [2.45, 2.75) is 18.9 Å². The van der Waals surface area contributed by atoms with Gasteiger partial charge in [-0.3, -0.25) is 9.59 Å². The number of rotatable bonds is 3. The first-order valence-corrected chi connectivity index (χ1v) is 9.23.